The summed E-state index contributed by atoms with van der Waals surface area (Å²) >= 11 is 12.2. The SMILES string of the molecule is OC(CNc1cc(NCC(O)c2ccccc2Cl)ncn1)c1ccccc1Cl. The molecule has 2 aromatic carbocycles. The molecule has 1 aromatic heterocycles. The molecular weight excluding hydrogens is 399 g/mol. The summed E-state index contributed by atoms with van der Waals surface area (Å²) in [5.74, 6) is 1.08. The third kappa shape index (κ3) is 5.33. The Morgan fingerprint density at radius 2 is 1.18 bits per heavy atom. The summed E-state index contributed by atoms with van der Waals surface area (Å²) < 4.78 is 0. The van der Waals surface area contributed by atoms with Gasteiger partial charge in [-0.05, 0) is 12.1 Å². The number of aliphatic hydroxyl groups is 2. The molecule has 3 aromatic rings. The van der Waals surface area contributed by atoms with Crippen LogP contribution in [0.2, 0.25) is 10.0 Å². The molecule has 0 aliphatic carbocycles. The summed E-state index contributed by atoms with van der Waals surface area (Å²) in [4.78, 5) is 8.27. The van der Waals surface area contributed by atoms with Crippen molar-refractivity contribution in [3.63, 3.8) is 0 Å². The van der Waals surface area contributed by atoms with Crippen LogP contribution in [0.15, 0.2) is 60.9 Å². The van der Waals surface area contributed by atoms with Crippen molar-refractivity contribution in [3.05, 3.63) is 82.1 Å². The van der Waals surface area contributed by atoms with Crippen LogP contribution in [-0.4, -0.2) is 33.3 Å². The number of halogens is 2. The lowest BCUT2D eigenvalue weighted by Gasteiger charge is -2.16. The molecule has 0 radical (unpaired) electrons. The largest absolute Gasteiger partial charge is 0.387 e. The van der Waals surface area contributed by atoms with Gasteiger partial charge in [0.15, 0.2) is 0 Å². The number of nitrogens with one attached hydrogen (secondary N) is 2. The number of anilines is 2. The van der Waals surface area contributed by atoms with Gasteiger partial charge in [-0.1, -0.05) is 59.6 Å². The Morgan fingerprint density at radius 1 is 0.750 bits per heavy atom. The number of hydrogen-bond donors (Lipinski definition) is 4. The zero-order chi connectivity index (χ0) is 19.9. The molecule has 2 atom stereocenters. The number of aliphatic hydroxyl groups excluding tert-OH is 2. The molecule has 1 heterocycles. The molecule has 4 N–H and O–H groups in total. The fourth-order valence-electron chi connectivity index (χ4n) is 2.66. The first-order chi connectivity index (χ1) is 13.5. The van der Waals surface area contributed by atoms with E-state index in [1.807, 2.05) is 24.3 Å². The van der Waals surface area contributed by atoms with Crippen LogP contribution in [0.1, 0.15) is 23.3 Å². The fraction of sp³-hybridized carbons (Fsp3) is 0.200. The molecular formula is C20H20Cl2N4O2. The summed E-state index contributed by atoms with van der Waals surface area (Å²) in [5, 5.41) is 27.7. The highest BCUT2D eigenvalue weighted by atomic mass is 35.5. The van der Waals surface area contributed by atoms with Crippen molar-refractivity contribution in [2.45, 2.75) is 12.2 Å². The van der Waals surface area contributed by atoms with Crippen LogP contribution in [0.4, 0.5) is 11.6 Å². The summed E-state index contributed by atoms with van der Waals surface area (Å²) in [6.45, 7) is 0.477. The number of benzene rings is 2. The van der Waals surface area contributed by atoms with Gasteiger partial charge in [-0.3, -0.25) is 0 Å². The first-order valence-corrected chi connectivity index (χ1v) is 9.45. The van der Waals surface area contributed by atoms with E-state index in [1.165, 1.54) is 6.33 Å². The predicted octanol–water partition coefficient (Wildman–Crippen LogP) is 4.07. The summed E-state index contributed by atoms with van der Waals surface area (Å²) in [6, 6.07) is 16.0. The van der Waals surface area contributed by atoms with Crippen molar-refractivity contribution < 1.29 is 10.2 Å². The fourth-order valence-corrected chi connectivity index (χ4v) is 3.19. The Hall–Kier alpha value is -2.38. The van der Waals surface area contributed by atoms with Crippen molar-refractivity contribution >= 4 is 34.8 Å². The maximum Gasteiger partial charge on any atom is 0.131 e. The molecule has 0 bridgehead atoms. The molecule has 0 aliphatic heterocycles. The number of aromatic nitrogens is 2. The van der Waals surface area contributed by atoms with Gasteiger partial charge in [-0.25, -0.2) is 9.97 Å². The minimum atomic E-state index is -0.776. The Balaban J connectivity index is 1.57. The molecule has 0 aliphatic rings. The van der Waals surface area contributed by atoms with E-state index < -0.39 is 12.2 Å². The smallest absolute Gasteiger partial charge is 0.131 e. The lowest BCUT2D eigenvalue weighted by molar-refractivity contribution is 0.191. The predicted molar refractivity (Wildman–Crippen MR) is 112 cm³/mol. The van der Waals surface area contributed by atoms with Crippen molar-refractivity contribution in [1.29, 1.82) is 0 Å². The van der Waals surface area contributed by atoms with Crippen LogP contribution >= 0.6 is 23.2 Å². The molecule has 0 saturated heterocycles. The van der Waals surface area contributed by atoms with Gasteiger partial charge in [0.1, 0.15) is 18.0 Å². The maximum absolute atomic E-state index is 10.3. The molecule has 8 heteroatoms. The molecule has 146 valence electrons. The van der Waals surface area contributed by atoms with E-state index in [0.29, 0.717) is 32.8 Å². The minimum absolute atomic E-state index is 0.239. The van der Waals surface area contributed by atoms with Gasteiger partial charge in [-0.15, -0.1) is 0 Å². The van der Waals surface area contributed by atoms with Gasteiger partial charge in [0.05, 0.1) is 12.2 Å². The van der Waals surface area contributed by atoms with Crippen LogP contribution in [0, 0.1) is 0 Å². The van der Waals surface area contributed by atoms with Gasteiger partial charge in [0, 0.05) is 40.3 Å². The minimum Gasteiger partial charge on any atom is -0.387 e. The highest BCUT2D eigenvalue weighted by Crippen LogP contribution is 2.24. The van der Waals surface area contributed by atoms with E-state index in [9.17, 15) is 10.2 Å². The van der Waals surface area contributed by atoms with Gasteiger partial charge in [-0.2, -0.15) is 0 Å². The van der Waals surface area contributed by atoms with Crippen molar-refractivity contribution in [2.75, 3.05) is 23.7 Å². The zero-order valence-corrected chi connectivity index (χ0v) is 16.4. The normalized spacial score (nSPS) is 13.0. The molecule has 2 unspecified atom stereocenters. The van der Waals surface area contributed by atoms with Gasteiger partial charge >= 0.3 is 0 Å². The van der Waals surface area contributed by atoms with E-state index in [0.717, 1.165) is 0 Å². The Bertz CT molecular complexity index is 855. The topological polar surface area (TPSA) is 90.3 Å². The first kappa shape index (κ1) is 20.4. The standard InChI is InChI=1S/C20H20Cl2N4O2/c21-15-7-3-1-5-13(15)17(27)10-23-19-9-20(26-12-25-19)24-11-18(28)14-6-2-4-8-16(14)22/h1-9,12,17-18,27-28H,10-11H2,(H2,23,24,25,26). The third-order valence-electron chi connectivity index (χ3n) is 4.15. The number of nitrogens with zero attached hydrogens (tertiary/aromatic N) is 2. The van der Waals surface area contributed by atoms with Crippen LogP contribution in [0.5, 0.6) is 0 Å². The lowest BCUT2D eigenvalue weighted by atomic mass is 10.1. The van der Waals surface area contributed by atoms with E-state index in [-0.39, 0.29) is 13.1 Å². The second-order valence-corrected chi connectivity index (χ2v) is 6.94. The summed E-state index contributed by atoms with van der Waals surface area (Å²) in [6.07, 6.45) is -0.154. The molecule has 28 heavy (non-hydrogen) atoms. The Morgan fingerprint density at radius 3 is 1.61 bits per heavy atom. The third-order valence-corrected chi connectivity index (χ3v) is 4.84. The van der Waals surface area contributed by atoms with Crippen molar-refractivity contribution in [2.24, 2.45) is 0 Å². The van der Waals surface area contributed by atoms with Crippen molar-refractivity contribution in [1.82, 2.24) is 9.97 Å². The van der Waals surface area contributed by atoms with E-state index >= 15 is 0 Å². The lowest BCUT2D eigenvalue weighted by Crippen LogP contribution is -2.15. The average molecular weight is 419 g/mol. The Labute approximate surface area is 173 Å². The number of rotatable bonds is 8. The van der Waals surface area contributed by atoms with Gasteiger partial charge in [0.2, 0.25) is 0 Å². The molecule has 6 nitrogen and oxygen atoms in total. The molecule has 0 amide bonds. The van der Waals surface area contributed by atoms with Crippen molar-refractivity contribution in [3.8, 4) is 0 Å². The van der Waals surface area contributed by atoms with Gasteiger partial charge in [0.25, 0.3) is 0 Å². The highest BCUT2D eigenvalue weighted by molar-refractivity contribution is 6.31. The first-order valence-electron chi connectivity index (χ1n) is 8.69. The molecule has 0 fully saturated rings. The zero-order valence-electron chi connectivity index (χ0n) is 14.9. The molecule has 0 spiro atoms. The van der Waals surface area contributed by atoms with Crippen LogP contribution in [-0.2, 0) is 0 Å². The van der Waals surface area contributed by atoms with Crippen LogP contribution in [0.25, 0.3) is 0 Å². The van der Waals surface area contributed by atoms with Gasteiger partial charge < -0.3 is 20.8 Å². The van der Waals surface area contributed by atoms with E-state index in [1.54, 1.807) is 30.3 Å². The van der Waals surface area contributed by atoms with E-state index in [2.05, 4.69) is 20.6 Å². The second-order valence-electron chi connectivity index (χ2n) is 6.12. The quantitative estimate of drug-likeness (QED) is 0.440. The average Bonchev–Trinajstić information content (AvgIpc) is 2.71. The maximum atomic E-state index is 10.3. The Kier molecular flexibility index (Phi) is 7.06. The second kappa shape index (κ2) is 9.71. The molecule has 0 saturated carbocycles. The summed E-state index contributed by atoms with van der Waals surface area (Å²) in [7, 11) is 0. The van der Waals surface area contributed by atoms with Crippen LogP contribution < -0.4 is 10.6 Å². The monoisotopic (exact) mass is 418 g/mol. The molecule has 3 rings (SSSR count). The van der Waals surface area contributed by atoms with Crippen LogP contribution in [0.3, 0.4) is 0 Å². The highest BCUT2D eigenvalue weighted by Gasteiger charge is 2.13. The van der Waals surface area contributed by atoms with E-state index in [4.69, 9.17) is 23.2 Å². The summed E-state index contributed by atoms with van der Waals surface area (Å²) in [5.41, 5.74) is 1.29. The number of hydrogen-bond acceptors (Lipinski definition) is 6.